The van der Waals surface area contributed by atoms with Crippen LogP contribution in [-0.2, 0) is 20.9 Å². The second kappa shape index (κ2) is 13.2. The van der Waals surface area contributed by atoms with E-state index in [0.29, 0.717) is 60.9 Å². The summed E-state index contributed by atoms with van der Waals surface area (Å²) in [7, 11) is 0. The van der Waals surface area contributed by atoms with Crippen LogP contribution in [0.2, 0.25) is 0 Å². The van der Waals surface area contributed by atoms with Gasteiger partial charge >= 0.3 is 0 Å². The molecule has 48 heavy (non-hydrogen) atoms. The van der Waals surface area contributed by atoms with Gasteiger partial charge < -0.3 is 14.4 Å². The van der Waals surface area contributed by atoms with Gasteiger partial charge in [-0.3, -0.25) is 24.5 Å². The van der Waals surface area contributed by atoms with E-state index in [1.807, 2.05) is 36.4 Å². The number of fused-ring (bicyclic) bond motifs is 1. The van der Waals surface area contributed by atoms with Crippen LogP contribution in [-0.4, -0.2) is 73.8 Å². The van der Waals surface area contributed by atoms with Gasteiger partial charge in [-0.2, -0.15) is 10.2 Å². The Bertz CT molecular complexity index is 2130. The van der Waals surface area contributed by atoms with Crippen LogP contribution in [0, 0.1) is 6.92 Å². The summed E-state index contributed by atoms with van der Waals surface area (Å²) in [5.74, 6) is 0.184. The first-order valence-corrected chi connectivity index (χ1v) is 15.6. The van der Waals surface area contributed by atoms with Crippen molar-refractivity contribution >= 4 is 28.3 Å². The van der Waals surface area contributed by atoms with Gasteiger partial charge in [0.1, 0.15) is 18.8 Å². The number of hydrogen-bond donors (Lipinski definition) is 1. The summed E-state index contributed by atoms with van der Waals surface area (Å²) in [6, 6.07) is 15.5. The molecule has 0 aliphatic carbocycles. The van der Waals surface area contributed by atoms with Crippen LogP contribution in [0.3, 0.4) is 0 Å². The number of carbonyl (C=O) groups excluding carboxylic acids is 2. The Labute approximate surface area is 274 Å². The number of nitrogens with one attached hydrogen (secondary N) is 1. The Morgan fingerprint density at radius 2 is 1.85 bits per heavy atom. The van der Waals surface area contributed by atoms with Crippen molar-refractivity contribution in [3.63, 3.8) is 0 Å². The summed E-state index contributed by atoms with van der Waals surface area (Å²) >= 11 is 0. The summed E-state index contributed by atoms with van der Waals surface area (Å²) in [6.45, 7) is 4.16. The lowest BCUT2D eigenvalue weighted by Gasteiger charge is -2.34. The van der Waals surface area contributed by atoms with Crippen molar-refractivity contribution in [2.75, 3.05) is 31.2 Å². The van der Waals surface area contributed by atoms with Crippen LogP contribution in [0.5, 0.6) is 5.75 Å². The summed E-state index contributed by atoms with van der Waals surface area (Å²) in [6.07, 6.45) is 5.00. The second-order valence-electron chi connectivity index (χ2n) is 11.7. The highest BCUT2D eigenvalue weighted by atomic mass is 16.5. The molecule has 14 nitrogen and oxygen atoms in total. The van der Waals surface area contributed by atoms with Crippen LogP contribution >= 0.6 is 0 Å². The number of nitrogens with zero attached hydrogens (tertiary/aromatic N) is 7. The van der Waals surface area contributed by atoms with E-state index in [0.717, 1.165) is 16.8 Å². The number of amides is 2. The Kier molecular flexibility index (Phi) is 8.46. The number of benzene rings is 2. The van der Waals surface area contributed by atoms with Crippen LogP contribution in [0.15, 0.2) is 82.8 Å². The Morgan fingerprint density at radius 1 is 1.00 bits per heavy atom. The van der Waals surface area contributed by atoms with E-state index in [1.165, 1.54) is 15.4 Å². The zero-order valence-corrected chi connectivity index (χ0v) is 26.1. The first kappa shape index (κ1) is 30.9. The molecule has 1 N–H and O–H groups in total. The SMILES string of the molecule is Cc1nn(C2CCC(=O)NC2=O)c(=O)c2ccc(N3CCO[C@@H](COc4cnc(-c5cccc(Cn6ncccc6=O)c5)nc4)C3)cc12. The van der Waals surface area contributed by atoms with Gasteiger partial charge in [0.05, 0.1) is 36.6 Å². The summed E-state index contributed by atoms with van der Waals surface area (Å²) in [4.78, 5) is 60.5. The number of anilines is 1. The average molecular weight is 649 g/mol. The van der Waals surface area contributed by atoms with Crippen molar-refractivity contribution in [2.45, 2.75) is 38.5 Å². The van der Waals surface area contributed by atoms with E-state index in [1.54, 1.807) is 37.6 Å². The molecular formula is C34H32N8O6. The highest BCUT2D eigenvalue weighted by Gasteiger charge is 2.30. The quantitative estimate of drug-likeness (QED) is 0.245. The Hall–Kier alpha value is -5.76. The largest absolute Gasteiger partial charge is 0.488 e. The fraction of sp³-hybridized carbons (Fsp3) is 0.294. The van der Waals surface area contributed by atoms with Gasteiger partial charge in [-0.1, -0.05) is 18.2 Å². The van der Waals surface area contributed by atoms with Gasteiger partial charge in [-0.15, -0.1) is 0 Å². The molecule has 2 aliphatic heterocycles. The molecule has 2 aliphatic rings. The average Bonchev–Trinajstić information content (AvgIpc) is 3.10. The molecule has 7 rings (SSSR count). The molecule has 5 aromatic rings. The molecule has 5 heterocycles. The van der Waals surface area contributed by atoms with Crippen LogP contribution in [0.25, 0.3) is 22.2 Å². The van der Waals surface area contributed by atoms with E-state index in [9.17, 15) is 19.2 Å². The molecule has 2 amide bonds. The summed E-state index contributed by atoms with van der Waals surface area (Å²) in [5.41, 5.74) is 2.70. The first-order chi connectivity index (χ1) is 23.3. The molecule has 2 atom stereocenters. The van der Waals surface area contributed by atoms with Gasteiger partial charge in [0, 0.05) is 48.4 Å². The second-order valence-corrected chi connectivity index (χ2v) is 11.7. The number of piperidine rings is 1. The third-order valence-corrected chi connectivity index (χ3v) is 8.47. The highest BCUT2D eigenvalue weighted by Crippen LogP contribution is 2.26. The van der Waals surface area contributed by atoms with Crippen LogP contribution < -0.4 is 26.1 Å². The molecule has 244 valence electrons. The maximum absolute atomic E-state index is 13.3. The summed E-state index contributed by atoms with van der Waals surface area (Å²) in [5, 5.41) is 12.0. The number of ether oxygens (including phenoxy) is 2. The predicted molar refractivity (Wildman–Crippen MR) is 175 cm³/mol. The molecule has 1 unspecified atom stereocenters. The van der Waals surface area contributed by atoms with Crippen molar-refractivity contribution in [2.24, 2.45) is 0 Å². The third kappa shape index (κ3) is 6.42. The molecule has 0 spiro atoms. The van der Waals surface area contributed by atoms with Gasteiger partial charge in [0.15, 0.2) is 11.6 Å². The third-order valence-electron chi connectivity index (χ3n) is 8.47. The molecule has 2 aromatic carbocycles. The Balaban J connectivity index is 0.994. The summed E-state index contributed by atoms with van der Waals surface area (Å²) < 4.78 is 14.6. The van der Waals surface area contributed by atoms with E-state index in [4.69, 9.17) is 9.47 Å². The Morgan fingerprint density at radius 3 is 2.67 bits per heavy atom. The lowest BCUT2D eigenvalue weighted by Crippen LogP contribution is -2.45. The van der Waals surface area contributed by atoms with E-state index in [2.05, 4.69) is 30.4 Å². The number of rotatable bonds is 8. The molecule has 0 bridgehead atoms. The highest BCUT2D eigenvalue weighted by molar-refractivity contribution is 5.99. The normalized spacial score (nSPS) is 18.1. The van der Waals surface area contributed by atoms with Gasteiger partial charge in [-0.25, -0.2) is 19.3 Å². The van der Waals surface area contributed by atoms with Crippen molar-refractivity contribution in [3.8, 4) is 17.1 Å². The molecule has 0 saturated carbocycles. The monoisotopic (exact) mass is 648 g/mol. The van der Waals surface area contributed by atoms with E-state index < -0.39 is 11.9 Å². The van der Waals surface area contributed by atoms with Crippen molar-refractivity contribution in [1.29, 1.82) is 0 Å². The van der Waals surface area contributed by atoms with Gasteiger partial charge in [0.25, 0.3) is 17.0 Å². The molecule has 0 radical (unpaired) electrons. The topological polar surface area (TPSA) is 163 Å². The molecular weight excluding hydrogens is 616 g/mol. The lowest BCUT2D eigenvalue weighted by molar-refractivity contribution is -0.136. The number of aromatic nitrogens is 6. The minimum absolute atomic E-state index is 0.161. The molecule has 2 fully saturated rings. The van der Waals surface area contributed by atoms with Gasteiger partial charge in [-0.05, 0) is 49.2 Å². The number of aryl methyl sites for hydroxylation is 1. The van der Waals surface area contributed by atoms with E-state index in [-0.39, 0.29) is 36.0 Å². The molecule has 14 heteroatoms. The number of morpholine rings is 1. The first-order valence-electron chi connectivity index (χ1n) is 15.6. The number of imide groups is 1. The standard InChI is InChI=1S/C34H32N8O6/c1-21-28-15-24(7-8-27(28)34(46)42(39-21)29-9-10-30(43)38-33(29)45)40-12-13-47-26(19-40)20-48-25-16-35-32(36-17-25)23-5-2-4-22(14-23)18-41-31(44)6-3-11-37-41/h2-8,11,14-17,26,29H,9-10,12-13,18-20H2,1H3,(H,38,43,45)/t26-,29?/m1/s1. The van der Waals surface area contributed by atoms with Crippen LogP contribution in [0.4, 0.5) is 5.69 Å². The number of carbonyl (C=O) groups is 2. The van der Waals surface area contributed by atoms with Crippen molar-refractivity contribution in [3.05, 3.63) is 105 Å². The maximum Gasteiger partial charge on any atom is 0.275 e. The minimum atomic E-state index is -0.818. The minimum Gasteiger partial charge on any atom is -0.488 e. The van der Waals surface area contributed by atoms with Gasteiger partial charge in [0.2, 0.25) is 5.91 Å². The van der Waals surface area contributed by atoms with Crippen LogP contribution in [0.1, 0.15) is 30.1 Å². The molecule has 2 saturated heterocycles. The molecule has 3 aromatic heterocycles. The zero-order chi connectivity index (χ0) is 33.2. The number of hydrogen-bond acceptors (Lipinski definition) is 11. The van der Waals surface area contributed by atoms with Crippen molar-refractivity contribution < 1.29 is 19.1 Å². The maximum atomic E-state index is 13.3. The fourth-order valence-corrected chi connectivity index (χ4v) is 6.00. The fourth-order valence-electron chi connectivity index (χ4n) is 6.00. The van der Waals surface area contributed by atoms with Crippen molar-refractivity contribution in [1.82, 2.24) is 34.8 Å². The lowest BCUT2D eigenvalue weighted by atomic mass is 10.1. The smallest absolute Gasteiger partial charge is 0.275 e. The van der Waals surface area contributed by atoms with E-state index >= 15 is 0 Å². The zero-order valence-electron chi connectivity index (χ0n) is 26.1. The predicted octanol–water partition coefficient (Wildman–Crippen LogP) is 2.03.